The third-order valence-corrected chi connectivity index (χ3v) is 4.15. The van der Waals surface area contributed by atoms with E-state index in [9.17, 15) is 19.8 Å². The van der Waals surface area contributed by atoms with Crippen LogP contribution in [0.4, 0.5) is 0 Å². The van der Waals surface area contributed by atoms with E-state index in [0.29, 0.717) is 5.56 Å². The Hall–Kier alpha value is -2.04. The molecule has 1 fully saturated rings. The van der Waals surface area contributed by atoms with E-state index in [0.717, 1.165) is 32.1 Å². The minimum Gasteiger partial charge on any atom is -0.508 e. The van der Waals surface area contributed by atoms with E-state index in [1.807, 2.05) is 0 Å². The number of nitrogens with one attached hydrogen (secondary N) is 1. The summed E-state index contributed by atoms with van der Waals surface area (Å²) in [4.78, 5) is 23.6. The largest absolute Gasteiger partial charge is 0.508 e. The first-order valence-electron chi connectivity index (χ1n) is 7.32. The van der Waals surface area contributed by atoms with Gasteiger partial charge in [0.2, 0.25) is 0 Å². The summed E-state index contributed by atoms with van der Waals surface area (Å²) in [6, 6.07) is 3.73. The number of hydrogen-bond donors (Lipinski definition) is 3. The summed E-state index contributed by atoms with van der Waals surface area (Å²) in [7, 11) is 0. The van der Waals surface area contributed by atoms with E-state index in [4.69, 9.17) is 0 Å². The molecular weight excluding hydrogens is 270 g/mol. The molecule has 1 aromatic carbocycles. The van der Waals surface area contributed by atoms with Crippen molar-refractivity contribution in [2.45, 2.75) is 45.1 Å². The van der Waals surface area contributed by atoms with Crippen molar-refractivity contribution in [2.75, 3.05) is 0 Å². The highest BCUT2D eigenvalue weighted by molar-refractivity contribution is 5.97. The maximum absolute atomic E-state index is 12.2. The van der Waals surface area contributed by atoms with Gasteiger partial charge in [-0.25, -0.2) is 4.79 Å². The van der Waals surface area contributed by atoms with Gasteiger partial charge in [0, 0.05) is 5.56 Å². The van der Waals surface area contributed by atoms with Crippen LogP contribution in [0.15, 0.2) is 18.2 Å². The molecule has 0 aliphatic heterocycles. The zero-order valence-electron chi connectivity index (χ0n) is 12.1. The summed E-state index contributed by atoms with van der Waals surface area (Å²) < 4.78 is 0. The maximum atomic E-state index is 12.2. The highest BCUT2D eigenvalue weighted by Gasteiger charge is 2.30. The molecule has 0 radical (unpaired) electrons. The Balaban J connectivity index is 2.10. The Morgan fingerprint density at radius 1 is 1.24 bits per heavy atom. The lowest BCUT2D eigenvalue weighted by atomic mass is 9.84. The number of hydrogen-bond acceptors (Lipinski definition) is 3. The van der Waals surface area contributed by atoms with Crippen LogP contribution in [-0.4, -0.2) is 28.1 Å². The van der Waals surface area contributed by atoms with Gasteiger partial charge in [0.1, 0.15) is 11.8 Å². The van der Waals surface area contributed by atoms with Crippen LogP contribution in [0.3, 0.4) is 0 Å². The van der Waals surface area contributed by atoms with Gasteiger partial charge in [-0.2, -0.15) is 0 Å². The molecule has 1 aliphatic carbocycles. The van der Waals surface area contributed by atoms with Crippen LogP contribution in [0.1, 0.15) is 48.0 Å². The topological polar surface area (TPSA) is 86.6 Å². The first-order valence-corrected chi connectivity index (χ1v) is 7.32. The molecule has 114 valence electrons. The SMILES string of the molecule is Cc1ccc(C(=O)NC(C(=O)O)C2CCCCC2)cc1O. The molecule has 0 bridgehead atoms. The van der Waals surface area contributed by atoms with Gasteiger partial charge in [0.05, 0.1) is 0 Å². The molecule has 0 heterocycles. The molecule has 5 nitrogen and oxygen atoms in total. The molecule has 1 unspecified atom stereocenters. The Kier molecular flexibility index (Phi) is 4.83. The highest BCUT2D eigenvalue weighted by Crippen LogP contribution is 2.27. The first kappa shape index (κ1) is 15.4. The van der Waals surface area contributed by atoms with Gasteiger partial charge in [-0.3, -0.25) is 4.79 Å². The van der Waals surface area contributed by atoms with Gasteiger partial charge in [-0.15, -0.1) is 0 Å². The predicted molar refractivity (Wildman–Crippen MR) is 78.3 cm³/mol. The summed E-state index contributed by atoms with van der Waals surface area (Å²) in [5, 5.41) is 21.6. The fraction of sp³-hybridized carbons (Fsp3) is 0.500. The van der Waals surface area contributed by atoms with Crippen molar-refractivity contribution in [1.29, 1.82) is 0 Å². The molecule has 0 saturated heterocycles. The molecule has 1 aromatic rings. The number of carboxylic acid groups (broad SMARTS) is 1. The Labute approximate surface area is 124 Å². The number of carbonyl (C=O) groups excluding carboxylic acids is 1. The van der Waals surface area contributed by atoms with E-state index < -0.39 is 17.9 Å². The molecule has 0 aromatic heterocycles. The van der Waals surface area contributed by atoms with Crippen molar-refractivity contribution in [2.24, 2.45) is 5.92 Å². The third-order valence-electron chi connectivity index (χ3n) is 4.15. The van der Waals surface area contributed by atoms with E-state index in [1.54, 1.807) is 19.1 Å². The highest BCUT2D eigenvalue weighted by atomic mass is 16.4. The number of aromatic hydroxyl groups is 1. The Morgan fingerprint density at radius 3 is 2.48 bits per heavy atom. The number of carboxylic acids is 1. The van der Waals surface area contributed by atoms with Crippen molar-refractivity contribution >= 4 is 11.9 Å². The van der Waals surface area contributed by atoms with Gasteiger partial charge in [-0.1, -0.05) is 25.3 Å². The van der Waals surface area contributed by atoms with E-state index in [1.165, 1.54) is 6.07 Å². The first-order chi connectivity index (χ1) is 9.99. The normalized spacial score (nSPS) is 17.2. The molecular formula is C16H21NO4. The Morgan fingerprint density at radius 2 is 1.90 bits per heavy atom. The number of phenols is 1. The second-order valence-corrected chi connectivity index (χ2v) is 5.69. The fourth-order valence-corrected chi connectivity index (χ4v) is 2.82. The minimum absolute atomic E-state index is 0.0146. The van der Waals surface area contributed by atoms with E-state index >= 15 is 0 Å². The third kappa shape index (κ3) is 3.74. The average molecular weight is 291 g/mol. The summed E-state index contributed by atoms with van der Waals surface area (Å²) in [6.45, 7) is 1.74. The molecule has 0 spiro atoms. The quantitative estimate of drug-likeness (QED) is 0.795. The molecule has 21 heavy (non-hydrogen) atoms. The number of phenolic OH excluding ortho intramolecular Hbond substituents is 1. The maximum Gasteiger partial charge on any atom is 0.326 e. The lowest BCUT2D eigenvalue weighted by Crippen LogP contribution is -2.46. The van der Waals surface area contributed by atoms with Crippen molar-refractivity contribution in [1.82, 2.24) is 5.32 Å². The van der Waals surface area contributed by atoms with Gasteiger partial charge in [0.15, 0.2) is 0 Å². The number of aliphatic carboxylic acids is 1. The average Bonchev–Trinajstić information content (AvgIpc) is 2.48. The lowest BCUT2D eigenvalue weighted by molar-refractivity contribution is -0.141. The van der Waals surface area contributed by atoms with Crippen molar-refractivity contribution in [3.05, 3.63) is 29.3 Å². The number of amides is 1. The van der Waals surface area contributed by atoms with Crippen LogP contribution < -0.4 is 5.32 Å². The number of carbonyl (C=O) groups is 2. The van der Waals surface area contributed by atoms with Gasteiger partial charge < -0.3 is 15.5 Å². The van der Waals surface area contributed by atoms with Gasteiger partial charge >= 0.3 is 5.97 Å². The van der Waals surface area contributed by atoms with Crippen molar-refractivity contribution < 1.29 is 19.8 Å². The summed E-state index contributed by atoms with van der Waals surface area (Å²) >= 11 is 0. The molecule has 1 saturated carbocycles. The van der Waals surface area contributed by atoms with E-state index in [-0.39, 0.29) is 17.2 Å². The van der Waals surface area contributed by atoms with Crippen molar-refractivity contribution in [3.8, 4) is 5.75 Å². The fourth-order valence-electron chi connectivity index (χ4n) is 2.82. The number of aryl methyl sites for hydroxylation is 1. The number of benzene rings is 1. The second-order valence-electron chi connectivity index (χ2n) is 5.69. The molecule has 1 atom stereocenters. The second kappa shape index (κ2) is 6.61. The Bertz CT molecular complexity index is 535. The van der Waals surface area contributed by atoms with Crippen LogP contribution in [0, 0.1) is 12.8 Å². The van der Waals surface area contributed by atoms with Crippen molar-refractivity contribution in [3.63, 3.8) is 0 Å². The zero-order chi connectivity index (χ0) is 15.4. The van der Waals surface area contributed by atoms with Gasteiger partial charge in [0.25, 0.3) is 5.91 Å². The minimum atomic E-state index is -0.994. The number of rotatable bonds is 4. The molecule has 1 aliphatic rings. The van der Waals surface area contributed by atoms with Crippen LogP contribution in [0.5, 0.6) is 5.75 Å². The monoisotopic (exact) mass is 291 g/mol. The van der Waals surface area contributed by atoms with Crippen LogP contribution in [0.2, 0.25) is 0 Å². The summed E-state index contributed by atoms with van der Waals surface area (Å²) in [5.74, 6) is -1.43. The molecule has 5 heteroatoms. The molecule has 2 rings (SSSR count). The summed E-state index contributed by atoms with van der Waals surface area (Å²) in [5.41, 5.74) is 0.953. The van der Waals surface area contributed by atoms with Crippen LogP contribution >= 0.6 is 0 Å². The standard InChI is InChI=1S/C16H21NO4/c1-10-7-8-12(9-13(10)18)15(19)17-14(16(20)21)11-5-3-2-4-6-11/h7-9,11,14,18H,2-6H2,1H3,(H,17,19)(H,20,21). The molecule has 1 amide bonds. The smallest absolute Gasteiger partial charge is 0.326 e. The predicted octanol–water partition coefficient (Wildman–Crippen LogP) is 2.46. The van der Waals surface area contributed by atoms with Gasteiger partial charge in [-0.05, 0) is 43.4 Å². The lowest BCUT2D eigenvalue weighted by Gasteiger charge is -2.28. The van der Waals surface area contributed by atoms with Crippen LogP contribution in [0.25, 0.3) is 0 Å². The summed E-state index contributed by atoms with van der Waals surface area (Å²) in [6.07, 6.45) is 4.81. The molecule has 3 N–H and O–H groups in total. The zero-order valence-corrected chi connectivity index (χ0v) is 12.1. The van der Waals surface area contributed by atoms with E-state index in [2.05, 4.69) is 5.32 Å². The van der Waals surface area contributed by atoms with Crippen LogP contribution in [-0.2, 0) is 4.79 Å².